The van der Waals surface area contributed by atoms with E-state index in [0.29, 0.717) is 0 Å². The van der Waals surface area contributed by atoms with Crippen LogP contribution in [0.5, 0.6) is 0 Å². The number of carbonyl (C=O) groups excluding carboxylic acids is 1. The smallest absolute Gasteiger partial charge is 0.316 e. The molecule has 0 atom stereocenters. The van der Waals surface area contributed by atoms with E-state index in [9.17, 15) is 4.79 Å². The molecular formula is C12H19N3O2S. The van der Waals surface area contributed by atoms with Crippen LogP contribution in [0.15, 0.2) is 11.1 Å². The molecule has 1 aromatic heterocycles. The number of thioether (sulfide) groups is 1. The van der Waals surface area contributed by atoms with Gasteiger partial charge in [0.15, 0.2) is 0 Å². The molecule has 0 fully saturated rings. The summed E-state index contributed by atoms with van der Waals surface area (Å²) in [4.78, 5) is 19.9. The van der Waals surface area contributed by atoms with Gasteiger partial charge in [-0.1, -0.05) is 18.7 Å². The SMILES string of the molecule is CCCc1nc(NCC)cc(SCC(=O)OC)n1. The zero-order valence-electron chi connectivity index (χ0n) is 11.0. The molecule has 1 N–H and O–H groups in total. The molecule has 1 rings (SSSR count). The first-order valence-corrected chi connectivity index (χ1v) is 6.99. The van der Waals surface area contributed by atoms with Gasteiger partial charge in [-0.3, -0.25) is 4.79 Å². The fourth-order valence-electron chi connectivity index (χ4n) is 1.35. The van der Waals surface area contributed by atoms with Crippen LogP contribution in [0.2, 0.25) is 0 Å². The highest BCUT2D eigenvalue weighted by molar-refractivity contribution is 7.99. The highest BCUT2D eigenvalue weighted by Crippen LogP contribution is 2.19. The summed E-state index contributed by atoms with van der Waals surface area (Å²) >= 11 is 1.37. The fraction of sp³-hybridized carbons (Fsp3) is 0.583. The van der Waals surface area contributed by atoms with Gasteiger partial charge in [-0.05, 0) is 13.3 Å². The number of carbonyl (C=O) groups is 1. The Kier molecular flexibility index (Phi) is 6.49. The van der Waals surface area contributed by atoms with Crippen LogP contribution in [0, 0.1) is 0 Å². The van der Waals surface area contributed by atoms with Crippen LogP contribution in [0.3, 0.4) is 0 Å². The maximum atomic E-state index is 11.1. The number of aryl methyl sites for hydroxylation is 1. The highest BCUT2D eigenvalue weighted by Gasteiger charge is 2.07. The lowest BCUT2D eigenvalue weighted by atomic mass is 10.3. The summed E-state index contributed by atoms with van der Waals surface area (Å²) in [7, 11) is 1.38. The van der Waals surface area contributed by atoms with E-state index in [1.54, 1.807) is 0 Å². The van der Waals surface area contributed by atoms with Crippen molar-refractivity contribution < 1.29 is 9.53 Å². The second kappa shape index (κ2) is 7.92. The molecule has 0 aliphatic rings. The number of aromatic nitrogens is 2. The number of nitrogens with zero attached hydrogens (tertiary/aromatic N) is 2. The summed E-state index contributed by atoms with van der Waals surface area (Å²) in [5.74, 6) is 1.64. The Labute approximate surface area is 112 Å². The molecule has 6 heteroatoms. The van der Waals surface area contributed by atoms with Gasteiger partial charge >= 0.3 is 5.97 Å². The number of anilines is 1. The number of nitrogens with one attached hydrogen (secondary N) is 1. The summed E-state index contributed by atoms with van der Waals surface area (Å²) in [6, 6.07) is 1.86. The average molecular weight is 269 g/mol. The van der Waals surface area contributed by atoms with Gasteiger partial charge in [0.2, 0.25) is 0 Å². The predicted octanol–water partition coefficient (Wildman–Crippen LogP) is 2.13. The summed E-state index contributed by atoms with van der Waals surface area (Å²) in [6.45, 7) is 4.91. The quantitative estimate of drug-likeness (QED) is 0.465. The molecular weight excluding hydrogens is 250 g/mol. The zero-order chi connectivity index (χ0) is 13.4. The first-order valence-electron chi connectivity index (χ1n) is 6.01. The highest BCUT2D eigenvalue weighted by atomic mass is 32.2. The molecule has 0 aromatic carbocycles. The summed E-state index contributed by atoms with van der Waals surface area (Å²) < 4.78 is 4.61. The van der Waals surface area contributed by atoms with E-state index in [1.165, 1.54) is 18.9 Å². The van der Waals surface area contributed by atoms with Crippen molar-refractivity contribution in [3.63, 3.8) is 0 Å². The Morgan fingerprint density at radius 1 is 1.44 bits per heavy atom. The van der Waals surface area contributed by atoms with E-state index in [1.807, 2.05) is 13.0 Å². The van der Waals surface area contributed by atoms with Crippen molar-refractivity contribution in [3.8, 4) is 0 Å². The van der Waals surface area contributed by atoms with E-state index in [2.05, 4.69) is 26.9 Å². The van der Waals surface area contributed by atoms with E-state index < -0.39 is 0 Å². The molecule has 1 heterocycles. The van der Waals surface area contributed by atoms with Crippen molar-refractivity contribution in [2.75, 3.05) is 24.7 Å². The Morgan fingerprint density at radius 3 is 2.83 bits per heavy atom. The van der Waals surface area contributed by atoms with Gasteiger partial charge in [0.1, 0.15) is 16.7 Å². The summed E-state index contributed by atoms with van der Waals surface area (Å²) in [5, 5.41) is 3.97. The van der Waals surface area contributed by atoms with Crippen LogP contribution in [0.4, 0.5) is 5.82 Å². The first-order chi connectivity index (χ1) is 8.69. The average Bonchev–Trinajstić information content (AvgIpc) is 2.36. The summed E-state index contributed by atoms with van der Waals surface area (Å²) in [6.07, 6.45) is 1.84. The zero-order valence-corrected chi connectivity index (χ0v) is 11.8. The lowest BCUT2D eigenvalue weighted by Crippen LogP contribution is -2.06. The molecule has 1 aromatic rings. The van der Waals surface area contributed by atoms with Gasteiger partial charge in [0, 0.05) is 19.0 Å². The third-order valence-corrected chi connectivity index (χ3v) is 3.03. The van der Waals surface area contributed by atoms with Gasteiger partial charge in [-0.25, -0.2) is 9.97 Å². The minimum absolute atomic E-state index is 0.249. The van der Waals surface area contributed by atoms with Gasteiger partial charge in [0.05, 0.1) is 12.9 Å². The van der Waals surface area contributed by atoms with E-state index in [0.717, 1.165) is 36.1 Å². The van der Waals surface area contributed by atoms with Crippen molar-refractivity contribution >= 4 is 23.5 Å². The molecule has 0 unspecified atom stereocenters. The van der Waals surface area contributed by atoms with Crippen LogP contribution in [-0.2, 0) is 16.0 Å². The van der Waals surface area contributed by atoms with Crippen molar-refractivity contribution in [2.45, 2.75) is 31.7 Å². The topological polar surface area (TPSA) is 64.1 Å². The number of hydrogen-bond donors (Lipinski definition) is 1. The van der Waals surface area contributed by atoms with E-state index in [-0.39, 0.29) is 11.7 Å². The Bertz CT molecular complexity index is 375. The number of rotatable bonds is 7. The maximum absolute atomic E-state index is 11.1. The number of methoxy groups -OCH3 is 1. The minimum Gasteiger partial charge on any atom is -0.468 e. The summed E-state index contributed by atoms with van der Waals surface area (Å²) in [5.41, 5.74) is 0. The van der Waals surface area contributed by atoms with Crippen molar-refractivity contribution in [2.24, 2.45) is 0 Å². The molecule has 0 spiro atoms. The molecule has 18 heavy (non-hydrogen) atoms. The van der Waals surface area contributed by atoms with Gasteiger partial charge in [-0.15, -0.1) is 0 Å². The van der Waals surface area contributed by atoms with Crippen molar-refractivity contribution in [1.29, 1.82) is 0 Å². The number of esters is 1. The monoisotopic (exact) mass is 269 g/mol. The van der Waals surface area contributed by atoms with E-state index >= 15 is 0 Å². The largest absolute Gasteiger partial charge is 0.468 e. The normalized spacial score (nSPS) is 10.2. The fourth-order valence-corrected chi connectivity index (χ4v) is 2.09. The van der Waals surface area contributed by atoms with Crippen LogP contribution in [-0.4, -0.2) is 35.3 Å². The second-order valence-corrected chi connectivity index (χ2v) is 4.65. The lowest BCUT2D eigenvalue weighted by molar-refractivity contribution is -0.137. The Balaban J connectivity index is 2.78. The third-order valence-electron chi connectivity index (χ3n) is 2.15. The van der Waals surface area contributed by atoms with Gasteiger partial charge in [-0.2, -0.15) is 0 Å². The minimum atomic E-state index is -0.249. The number of hydrogen-bond acceptors (Lipinski definition) is 6. The Morgan fingerprint density at radius 2 is 2.22 bits per heavy atom. The van der Waals surface area contributed by atoms with Crippen LogP contribution >= 0.6 is 11.8 Å². The predicted molar refractivity (Wildman–Crippen MR) is 72.9 cm³/mol. The van der Waals surface area contributed by atoms with E-state index in [4.69, 9.17) is 0 Å². The standard InChI is InChI=1S/C12H19N3O2S/c1-4-6-9-14-10(13-5-2)7-11(15-9)18-8-12(16)17-3/h7H,4-6,8H2,1-3H3,(H,13,14,15). The van der Waals surface area contributed by atoms with Crippen molar-refractivity contribution in [1.82, 2.24) is 9.97 Å². The molecule has 0 radical (unpaired) electrons. The molecule has 0 aliphatic heterocycles. The molecule has 0 amide bonds. The van der Waals surface area contributed by atoms with Crippen molar-refractivity contribution in [3.05, 3.63) is 11.9 Å². The molecule has 0 bridgehead atoms. The van der Waals surface area contributed by atoms with Gasteiger partial charge in [0.25, 0.3) is 0 Å². The number of ether oxygens (including phenoxy) is 1. The maximum Gasteiger partial charge on any atom is 0.316 e. The van der Waals surface area contributed by atoms with Gasteiger partial charge < -0.3 is 10.1 Å². The molecule has 0 saturated carbocycles. The second-order valence-electron chi connectivity index (χ2n) is 3.65. The van der Waals surface area contributed by atoms with Crippen LogP contribution in [0.25, 0.3) is 0 Å². The molecule has 100 valence electrons. The molecule has 0 aliphatic carbocycles. The Hall–Kier alpha value is -1.30. The third kappa shape index (κ3) is 4.91. The van der Waals surface area contributed by atoms with Crippen LogP contribution < -0.4 is 5.32 Å². The molecule has 5 nitrogen and oxygen atoms in total. The lowest BCUT2D eigenvalue weighted by Gasteiger charge is -2.07. The first kappa shape index (κ1) is 14.8. The molecule has 0 saturated heterocycles. The van der Waals surface area contributed by atoms with Crippen LogP contribution in [0.1, 0.15) is 26.1 Å².